The molecule has 4 nitrogen and oxygen atoms in total. The SMILES string of the molecule is CNc1nc(NC2CC3CCC2C3)c2ccsc2n1. The van der Waals surface area contributed by atoms with Crippen LogP contribution < -0.4 is 10.6 Å². The topological polar surface area (TPSA) is 49.8 Å². The second-order valence-electron chi connectivity index (χ2n) is 5.71. The van der Waals surface area contributed by atoms with E-state index in [1.807, 2.05) is 7.05 Å². The summed E-state index contributed by atoms with van der Waals surface area (Å²) in [5.41, 5.74) is 0. The van der Waals surface area contributed by atoms with Gasteiger partial charge in [-0.15, -0.1) is 11.3 Å². The van der Waals surface area contributed by atoms with E-state index in [-0.39, 0.29) is 0 Å². The van der Waals surface area contributed by atoms with Crippen LogP contribution in [0.3, 0.4) is 0 Å². The second-order valence-corrected chi connectivity index (χ2v) is 6.61. The molecule has 5 heteroatoms. The van der Waals surface area contributed by atoms with Crippen LogP contribution in [0.2, 0.25) is 0 Å². The number of nitrogens with one attached hydrogen (secondary N) is 2. The maximum absolute atomic E-state index is 4.61. The molecule has 0 spiro atoms. The molecule has 0 aliphatic heterocycles. The van der Waals surface area contributed by atoms with Gasteiger partial charge in [0.1, 0.15) is 10.6 Å². The molecule has 3 atom stereocenters. The second kappa shape index (κ2) is 4.34. The molecule has 2 aliphatic carbocycles. The van der Waals surface area contributed by atoms with E-state index in [2.05, 4.69) is 32.0 Å². The fourth-order valence-electron chi connectivity index (χ4n) is 3.67. The van der Waals surface area contributed by atoms with Crippen molar-refractivity contribution >= 4 is 33.3 Å². The zero-order valence-electron chi connectivity index (χ0n) is 11.0. The average Bonchev–Trinajstić information content (AvgIpc) is 3.13. The van der Waals surface area contributed by atoms with Crippen LogP contribution in [0, 0.1) is 11.8 Å². The molecule has 2 bridgehead atoms. The van der Waals surface area contributed by atoms with Crippen molar-refractivity contribution in [1.82, 2.24) is 9.97 Å². The Bertz CT molecular complexity index is 609. The van der Waals surface area contributed by atoms with Gasteiger partial charge in [0, 0.05) is 13.1 Å². The summed E-state index contributed by atoms with van der Waals surface area (Å²) < 4.78 is 0. The van der Waals surface area contributed by atoms with Gasteiger partial charge in [0.05, 0.1) is 5.39 Å². The summed E-state index contributed by atoms with van der Waals surface area (Å²) in [5.74, 6) is 3.52. The summed E-state index contributed by atoms with van der Waals surface area (Å²) in [5, 5.41) is 9.99. The van der Waals surface area contributed by atoms with Crippen LogP contribution in [0.25, 0.3) is 10.2 Å². The fourth-order valence-corrected chi connectivity index (χ4v) is 4.44. The maximum atomic E-state index is 4.61. The van der Waals surface area contributed by atoms with E-state index in [1.54, 1.807) is 11.3 Å². The van der Waals surface area contributed by atoms with Gasteiger partial charge in [0.25, 0.3) is 0 Å². The summed E-state index contributed by atoms with van der Waals surface area (Å²) >= 11 is 1.67. The molecule has 4 rings (SSSR count). The van der Waals surface area contributed by atoms with Gasteiger partial charge >= 0.3 is 0 Å². The Balaban J connectivity index is 1.68. The maximum Gasteiger partial charge on any atom is 0.225 e. The highest BCUT2D eigenvalue weighted by atomic mass is 32.1. The van der Waals surface area contributed by atoms with Gasteiger partial charge < -0.3 is 10.6 Å². The third kappa shape index (κ3) is 1.87. The molecule has 100 valence electrons. The summed E-state index contributed by atoms with van der Waals surface area (Å²) in [6, 6.07) is 2.73. The number of anilines is 2. The molecule has 2 heterocycles. The van der Waals surface area contributed by atoms with Gasteiger partial charge in [-0.05, 0) is 42.5 Å². The van der Waals surface area contributed by atoms with Crippen LogP contribution in [-0.2, 0) is 0 Å². The molecule has 2 aromatic heterocycles. The lowest BCUT2D eigenvalue weighted by molar-refractivity contribution is 0.439. The average molecular weight is 274 g/mol. The fraction of sp³-hybridized carbons (Fsp3) is 0.571. The molecular weight excluding hydrogens is 256 g/mol. The standard InChI is InChI=1S/C14H18N4S/c1-15-14-17-12(10-4-5-19-13(10)18-14)16-11-7-8-2-3-9(11)6-8/h4-5,8-9,11H,2-3,6-7H2,1H3,(H2,15,16,17,18). The van der Waals surface area contributed by atoms with Crippen LogP contribution >= 0.6 is 11.3 Å². The van der Waals surface area contributed by atoms with E-state index in [1.165, 1.54) is 25.7 Å². The zero-order chi connectivity index (χ0) is 12.8. The Labute approximate surface area is 116 Å². The Morgan fingerprint density at radius 2 is 2.21 bits per heavy atom. The van der Waals surface area contributed by atoms with Crippen molar-refractivity contribution in [1.29, 1.82) is 0 Å². The zero-order valence-corrected chi connectivity index (χ0v) is 11.8. The van der Waals surface area contributed by atoms with Gasteiger partial charge in [-0.25, -0.2) is 4.98 Å². The molecule has 0 radical (unpaired) electrons. The molecule has 2 saturated carbocycles. The number of rotatable bonds is 3. The van der Waals surface area contributed by atoms with Crippen LogP contribution in [0.4, 0.5) is 11.8 Å². The Hall–Kier alpha value is -1.36. The molecule has 0 aromatic carbocycles. The van der Waals surface area contributed by atoms with Crippen molar-refractivity contribution in [2.24, 2.45) is 11.8 Å². The van der Waals surface area contributed by atoms with Crippen LogP contribution in [0.1, 0.15) is 25.7 Å². The first-order chi connectivity index (χ1) is 9.33. The van der Waals surface area contributed by atoms with Crippen molar-refractivity contribution in [3.63, 3.8) is 0 Å². The molecule has 2 aromatic rings. The lowest BCUT2D eigenvalue weighted by Crippen LogP contribution is -2.26. The van der Waals surface area contributed by atoms with Crippen molar-refractivity contribution in [3.8, 4) is 0 Å². The highest BCUT2D eigenvalue weighted by Gasteiger charge is 2.39. The quantitative estimate of drug-likeness (QED) is 0.901. The first kappa shape index (κ1) is 11.5. The summed E-state index contributed by atoms with van der Waals surface area (Å²) in [6.07, 6.45) is 5.55. The van der Waals surface area contributed by atoms with E-state index >= 15 is 0 Å². The molecular formula is C14H18N4S. The minimum Gasteiger partial charge on any atom is -0.366 e. The lowest BCUT2D eigenvalue weighted by Gasteiger charge is -2.23. The first-order valence-corrected chi connectivity index (χ1v) is 7.91. The first-order valence-electron chi connectivity index (χ1n) is 7.03. The molecule has 0 saturated heterocycles. The molecule has 19 heavy (non-hydrogen) atoms. The number of thiophene rings is 1. The number of hydrogen-bond donors (Lipinski definition) is 2. The van der Waals surface area contributed by atoms with Crippen molar-refractivity contribution in [2.45, 2.75) is 31.7 Å². The number of hydrogen-bond acceptors (Lipinski definition) is 5. The number of aromatic nitrogens is 2. The minimum absolute atomic E-state index is 0.612. The molecule has 0 amide bonds. The molecule has 2 N–H and O–H groups in total. The van der Waals surface area contributed by atoms with E-state index in [4.69, 9.17) is 0 Å². The van der Waals surface area contributed by atoms with Gasteiger partial charge in [-0.2, -0.15) is 4.98 Å². The molecule has 2 aliphatic rings. The van der Waals surface area contributed by atoms with E-state index in [0.717, 1.165) is 27.9 Å². The van der Waals surface area contributed by atoms with Crippen LogP contribution in [0.15, 0.2) is 11.4 Å². The van der Waals surface area contributed by atoms with Gasteiger partial charge in [0.2, 0.25) is 5.95 Å². The lowest BCUT2D eigenvalue weighted by atomic mass is 9.95. The minimum atomic E-state index is 0.612. The molecule has 2 fully saturated rings. The number of nitrogens with zero attached hydrogens (tertiary/aromatic N) is 2. The third-order valence-electron chi connectivity index (χ3n) is 4.61. The predicted molar refractivity (Wildman–Crippen MR) is 79.8 cm³/mol. The van der Waals surface area contributed by atoms with E-state index < -0.39 is 0 Å². The normalized spacial score (nSPS) is 29.0. The summed E-state index contributed by atoms with van der Waals surface area (Å²) in [6.45, 7) is 0. The van der Waals surface area contributed by atoms with Gasteiger partial charge in [0.15, 0.2) is 0 Å². The highest BCUT2D eigenvalue weighted by molar-refractivity contribution is 7.16. The van der Waals surface area contributed by atoms with Crippen LogP contribution in [-0.4, -0.2) is 23.1 Å². The van der Waals surface area contributed by atoms with Crippen molar-refractivity contribution in [2.75, 3.05) is 17.7 Å². The van der Waals surface area contributed by atoms with Crippen molar-refractivity contribution < 1.29 is 0 Å². The van der Waals surface area contributed by atoms with Gasteiger partial charge in [-0.3, -0.25) is 0 Å². The van der Waals surface area contributed by atoms with E-state index in [0.29, 0.717) is 12.0 Å². The van der Waals surface area contributed by atoms with Gasteiger partial charge in [-0.1, -0.05) is 6.42 Å². The largest absolute Gasteiger partial charge is 0.366 e. The Morgan fingerprint density at radius 1 is 1.26 bits per heavy atom. The van der Waals surface area contributed by atoms with Crippen LogP contribution in [0.5, 0.6) is 0 Å². The molecule has 3 unspecified atom stereocenters. The third-order valence-corrected chi connectivity index (χ3v) is 5.42. The smallest absolute Gasteiger partial charge is 0.225 e. The Morgan fingerprint density at radius 3 is 2.95 bits per heavy atom. The summed E-state index contributed by atoms with van der Waals surface area (Å²) in [7, 11) is 1.87. The predicted octanol–water partition coefficient (Wildman–Crippen LogP) is 3.33. The monoisotopic (exact) mass is 274 g/mol. The van der Waals surface area contributed by atoms with E-state index in [9.17, 15) is 0 Å². The number of fused-ring (bicyclic) bond motifs is 3. The Kier molecular flexibility index (Phi) is 2.62. The summed E-state index contributed by atoms with van der Waals surface area (Å²) in [4.78, 5) is 10.2. The van der Waals surface area contributed by atoms with Crippen molar-refractivity contribution in [3.05, 3.63) is 11.4 Å². The highest BCUT2D eigenvalue weighted by Crippen LogP contribution is 2.45.